The summed E-state index contributed by atoms with van der Waals surface area (Å²) in [5.74, 6) is -1.18. The van der Waals surface area contributed by atoms with Crippen molar-refractivity contribution in [3.8, 4) is 5.88 Å². The zero-order valence-corrected chi connectivity index (χ0v) is 8.02. The Morgan fingerprint density at radius 2 is 2.00 bits per heavy atom. The Morgan fingerprint density at radius 3 is 2.56 bits per heavy atom. The summed E-state index contributed by atoms with van der Waals surface area (Å²) in [4.78, 5) is 26.5. The SMILES string of the molecule is O=C(Nc1ccncc1)c1c(O)[nH][nH]c1=O. The van der Waals surface area contributed by atoms with Gasteiger partial charge < -0.3 is 10.4 Å². The topological polar surface area (TPSA) is 111 Å². The van der Waals surface area contributed by atoms with E-state index in [-0.39, 0.29) is 5.56 Å². The molecule has 7 heteroatoms. The molecule has 7 nitrogen and oxygen atoms in total. The minimum atomic E-state index is -0.689. The molecule has 82 valence electrons. The van der Waals surface area contributed by atoms with Gasteiger partial charge in [-0.15, -0.1) is 0 Å². The van der Waals surface area contributed by atoms with Gasteiger partial charge in [-0.05, 0) is 12.1 Å². The van der Waals surface area contributed by atoms with E-state index >= 15 is 0 Å². The number of hydrogen-bond acceptors (Lipinski definition) is 4. The molecule has 0 aliphatic heterocycles. The highest BCUT2D eigenvalue weighted by molar-refractivity contribution is 6.05. The summed E-state index contributed by atoms with van der Waals surface area (Å²) in [6.07, 6.45) is 2.99. The van der Waals surface area contributed by atoms with Gasteiger partial charge in [0.25, 0.3) is 11.5 Å². The Balaban J connectivity index is 2.25. The number of nitrogens with zero attached hydrogens (tertiary/aromatic N) is 1. The second-order valence-electron chi connectivity index (χ2n) is 2.99. The number of aromatic amines is 2. The van der Waals surface area contributed by atoms with E-state index in [9.17, 15) is 14.7 Å². The normalized spacial score (nSPS) is 10.0. The number of aromatic hydroxyl groups is 1. The third-order valence-electron chi connectivity index (χ3n) is 1.92. The van der Waals surface area contributed by atoms with Gasteiger partial charge in [0.1, 0.15) is 0 Å². The molecule has 0 unspecified atom stereocenters. The predicted octanol–water partition coefficient (Wildman–Crippen LogP) is 0.0559. The van der Waals surface area contributed by atoms with E-state index in [1.54, 1.807) is 12.1 Å². The van der Waals surface area contributed by atoms with E-state index in [1.807, 2.05) is 0 Å². The van der Waals surface area contributed by atoms with E-state index < -0.39 is 17.3 Å². The molecule has 2 aromatic rings. The van der Waals surface area contributed by atoms with Crippen LogP contribution in [-0.2, 0) is 0 Å². The molecule has 0 saturated carbocycles. The zero-order chi connectivity index (χ0) is 11.5. The van der Waals surface area contributed by atoms with Crippen LogP contribution in [0.2, 0.25) is 0 Å². The number of carbonyl (C=O) groups excluding carboxylic acids is 1. The average Bonchev–Trinajstić information content (AvgIpc) is 2.60. The summed E-state index contributed by atoms with van der Waals surface area (Å²) in [5.41, 5.74) is -0.541. The summed E-state index contributed by atoms with van der Waals surface area (Å²) < 4.78 is 0. The van der Waals surface area contributed by atoms with Crippen molar-refractivity contribution in [1.29, 1.82) is 0 Å². The fraction of sp³-hybridized carbons (Fsp3) is 0. The second kappa shape index (κ2) is 3.89. The lowest BCUT2D eigenvalue weighted by molar-refractivity contribution is 0.102. The first kappa shape index (κ1) is 9.97. The Kier molecular flexibility index (Phi) is 2.42. The molecule has 0 aliphatic rings. The molecule has 0 spiro atoms. The maximum atomic E-state index is 11.6. The molecule has 0 bridgehead atoms. The van der Waals surface area contributed by atoms with Gasteiger partial charge in [0.05, 0.1) is 0 Å². The maximum Gasteiger partial charge on any atom is 0.280 e. The number of anilines is 1. The minimum absolute atomic E-state index is 0.350. The first-order valence-corrected chi connectivity index (χ1v) is 4.39. The minimum Gasteiger partial charge on any atom is -0.493 e. The van der Waals surface area contributed by atoms with Crippen molar-refractivity contribution in [2.45, 2.75) is 0 Å². The molecular formula is C9H8N4O3. The Bertz CT molecular complexity index is 558. The largest absolute Gasteiger partial charge is 0.493 e. The smallest absolute Gasteiger partial charge is 0.280 e. The van der Waals surface area contributed by atoms with E-state index in [0.29, 0.717) is 5.69 Å². The lowest BCUT2D eigenvalue weighted by Gasteiger charge is -2.01. The molecule has 2 aromatic heterocycles. The Morgan fingerprint density at radius 1 is 1.31 bits per heavy atom. The van der Waals surface area contributed by atoms with Gasteiger partial charge in [-0.2, -0.15) is 0 Å². The highest BCUT2D eigenvalue weighted by Crippen LogP contribution is 2.10. The maximum absolute atomic E-state index is 11.6. The molecule has 0 radical (unpaired) electrons. The van der Waals surface area contributed by atoms with Gasteiger partial charge in [-0.3, -0.25) is 24.8 Å². The molecule has 4 N–H and O–H groups in total. The molecule has 16 heavy (non-hydrogen) atoms. The lowest BCUT2D eigenvalue weighted by atomic mass is 10.3. The van der Waals surface area contributed by atoms with Crippen molar-refractivity contribution < 1.29 is 9.90 Å². The molecule has 2 heterocycles. The van der Waals surface area contributed by atoms with Crippen LogP contribution in [0, 0.1) is 0 Å². The third kappa shape index (κ3) is 1.78. The van der Waals surface area contributed by atoms with Gasteiger partial charge in [0.15, 0.2) is 5.56 Å². The fourth-order valence-electron chi connectivity index (χ4n) is 1.19. The molecule has 2 rings (SSSR count). The third-order valence-corrected chi connectivity index (χ3v) is 1.92. The van der Waals surface area contributed by atoms with Crippen molar-refractivity contribution in [2.75, 3.05) is 5.32 Å². The quantitative estimate of drug-likeness (QED) is 0.573. The Hall–Kier alpha value is -2.57. The second-order valence-corrected chi connectivity index (χ2v) is 2.99. The van der Waals surface area contributed by atoms with Gasteiger partial charge in [0, 0.05) is 18.1 Å². The van der Waals surface area contributed by atoms with Crippen molar-refractivity contribution in [3.63, 3.8) is 0 Å². The van der Waals surface area contributed by atoms with Crippen molar-refractivity contribution in [3.05, 3.63) is 40.4 Å². The molecule has 0 aliphatic carbocycles. The van der Waals surface area contributed by atoms with Crippen molar-refractivity contribution >= 4 is 11.6 Å². The number of hydrogen-bond donors (Lipinski definition) is 4. The number of pyridine rings is 1. The fourth-order valence-corrected chi connectivity index (χ4v) is 1.19. The summed E-state index contributed by atoms with van der Waals surface area (Å²) in [7, 11) is 0. The standard InChI is InChI=1S/C9H8N4O3/c14-7(6-8(15)12-13-9(6)16)11-5-1-3-10-4-2-5/h1-4H,(H,10,11,14)(H3,12,13,15,16). The van der Waals surface area contributed by atoms with E-state index in [1.165, 1.54) is 12.4 Å². The summed E-state index contributed by atoms with van der Waals surface area (Å²) in [5, 5.41) is 15.9. The molecule has 0 fully saturated rings. The number of carbonyl (C=O) groups is 1. The molecule has 0 aromatic carbocycles. The average molecular weight is 220 g/mol. The van der Waals surface area contributed by atoms with Crippen LogP contribution in [0.25, 0.3) is 0 Å². The Labute approximate surface area is 89.1 Å². The first-order valence-electron chi connectivity index (χ1n) is 4.39. The van der Waals surface area contributed by atoms with E-state index in [4.69, 9.17) is 0 Å². The monoisotopic (exact) mass is 220 g/mol. The van der Waals surface area contributed by atoms with Crippen LogP contribution in [0.15, 0.2) is 29.3 Å². The number of rotatable bonds is 2. The molecular weight excluding hydrogens is 212 g/mol. The van der Waals surface area contributed by atoms with Crippen LogP contribution in [0.4, 0.5) is 5.69 Å². The predicted molar refractivity (Wildman–Crippen MR) is 55.3 cm³/mol. The molecule has 1 amide bonds. The lowest BCUT2D eigenvalue weighted by Crippen LogP contribution is -2.19. The van der Waals surface area contributed by atoms with Crippen LogP contribution in [0.1, 0.15) is 10.4 Å². The van der Waals surface area contributed by atoms with E-state index in [0.717, 1.165) is 0 Å². The van der Waals surface area contributed by atoms with Gasteiger partial charge >= 0.3 is 0 Å². The highest BCUT2D eigenvalue weighted by Gasteiger charge is 2.17. The van der Waals surface area contributed by atoms with Crippen LogP contribution in [-0.4, -0.2) is 26.2 Å². The summed E-state index contributed by atoms with van der Waals surface area (Å²) in [6.45, 7) is 0. The molecule has 0 saturated heterocycles. The highest BCUT2D eigenvalue weighted by atomic mass is 16.3. The van der Waals surface area contributed by atoms with Crippen LogP contribution >= 0.6 is 0 Å². The first-order chi connectivity index (χ1) is 7.68. The summed E-state index contributed by atoms with van der Waals surface area (Å²) in [6, 6.07) is 3.13. The van der Waals surface area contributed by atoms with E-state index in [2.05, 4.69) is 20.5 Å². The molecule has 0 atom stereocenters. The van der Waals surface area contributed by atoms with Gasteiger partial charge in [-0.1, -0.05) is 0 Å². The number of nitrogens with one attached hydrogen (secondary N) is 3. The van der Waals surface area contributed by atoms with Gasteiger partial charge in [-0.25, -0.2) is 0 Å². The van der Waals surface area contributed by atoms with Crippen LogP contribution in [0.3, 0.4) is 0 Å². The van der Waals surface area contributed by atoms with Crippen LogP contribution < -0.4 is 10.9 Å². The number of amides is 1. The van der Waals surface area contributed by atoms with Gasteiger partial charge in [0.2, 0.25) is 5.88 Å². The van der Waals surface area contributed by atoms with Crippen LogP contribution in [0.5, 0.6) is 5.88 Å². The van der Waals surface area contributed by atoms with Crippen molar-refractivity contribution in [2.24, 2.45) is 0 Å². The van der Waals surface area contributed by atoms with Crippen molar-refractivity contribution in [1.82, 2.24) is 15.2 Å². The number of aromatic nitrogens is 3. The number of H-pyrrole nitrogens is 2. The zero-order valence-electron chi connectivity index (χ0n) is 8.02. The summed E-state index contributed by atoms with van der Waals surface area (Å²) >= 11 is 0.